The fourth-order valence-corrected chi connectivity index (χ4v) is 12.0. The van der Waals surface area contributed by atoms with E-state index in [-0.39, 0.29) is 33.7 Å². The quantitative estimate of drug-likeness (QED) is 0.395. The SMILES string of the molecule is CC1(C)CCC2(C(=O)NCC(F)(F)F)CCC3C4(C)CCC5C(C)(C)c6oncc6CC5(C)C4CC4OC43C2C1. The molecule has 5 aliphatic carbocycles. The Morgan fingerprint density at radius 3 is 2.42 bits per heavy atom. The number of hydrogen-bond donors (Lipinski definition) is 1. The molecule has 1 aromatic rings. The molecule has 1 saturated heterocycles. The molecule has 1 amide bonds. The predicted octanol–water partition coefficient (Wildman–Crippen LogP) is 6.99. The Labute approximate surface area is 235 Å². The van der Waals surface area contributed by atoms with E-state index in [1.54, 1.807) is 0 Å². The van der Waals surface area contributed by atoms with Gasteiger partial charge in [-0.15, -0.1) is 0 Å². The number of carbonyl (C=O) groups excluding carboxylic acids is 1. The maximum Gasteiger partial charge on any atom is 0.405 e. The fourth-order valence-electron chi connectivity index (χ4n) is 12.0. The number of aromatic nitrogens is 1. The Morgan fingerprint density at radius 2 is 1.70 bits per heavy atom. The number of amides is 1. The molecule has 0 radical (unpaired) electrons. The molecule has 222 valence electrons. The topological polar surface area (TPSA) is 67.7 Å². The molecule has 1 aromatic heterocycles. The van der Waals surface area contributed by atoms with E-state index >= 15 is 0 Å². The molecule has 0 aromatic carbocycles. The van der Waals surface area contributed by atoms with Gasteiger partial charge in [-0.25, -0.2) is 0 Å². The smallest absolute Gasteiger partial charge is 0.365 e. The lowest BCUT2D eigenvalue weighted by Gasteiger charge is -2.67. The van der Waals surface area contributed by atoms with Gasteiger partial charge >= 0.3 is 6.18 Å². The second kappa shape index (κ2) is 7.87. The van der Waals surface area contributed by atoms with Crippen LogP contribution in [0.25, 0.3) is 0 Å². The van der Waals surface area contributed by atoms with Gasteiger partial charge in [0, 0.05) is 16.9 Å². The number of alkyl halides is 3. The highest BCUT2D eigenvalue weighted by Crippen LogP contribution is 2.78. The third-order valence-electron chi connectivity index (χ3n) is 13.6. The summed E-state index contributed by atoms with van der Waals surface area (Å²) in [5, 5.41) is 6.53. The van der Waals surface area contributed by atoms with Crippen LogP contribution in [-0.4, -0.2) is 35.5 Å². The molecule has 1 N–H and O–H groups in total. The molecule has 5 nitrogen and oxygen atoms in total. The first kappa shape index (κ1) is 27.3. The van der Waals surface area contributed by atoms with Gasteiger partial charge in [-0.05, 0) is 91.8 Å². The highest BCUT2D eigenvalue weighted by Gasteiger charge is 2.81. The maximum absolute atomic E-state index is 13.7. The molecule has 0 bridgehead atoms. The highest BCUT2D eigenvalue weighted by atomic mass is 19.4. The normalized spacial score (nSPS) is 47.9. The van der Waals surface area contributed by atoms with Crippen LogP contribution in [0.3, 0.4) is 0 Å². The van der Waals surface area contributed by atoms with E-state index in [2.05, 4.69) is 52.0 Å². The number of rotatable bonds is 2. The number of ether oxygens (including phenoxy) is 1. The molecule has 40 heavy (non-hydrogen) atoms. The van der Waals surface area contributed by atoms with Crippen LogP contribution in [-0.2, 0) is 21.4 Å². The standard InChI is InChI=1S/C32H45F3N2O3/c1-26(2)11-12-30(25(38)36-17-31(33,34)35)10-8-20-28(5)9-7-19-27(3,4)24-18(16-37-40-24)14-29(19,6)21(28)13-23-32(20,39-23)22(30)15-26/h16,19-23H,7-15,17H2,1-6H3,(H,36,38). The van der Waals surface area contributed by atoms with Crippen molar-refractivity contribution < 1.29 is 27.2 Å². The molecule has 9 atom stereocenters. The Bertz CT molecular complexity index is 1240. The van der Waals surface area contributed by atoms with E-state index in [0.29, 0.717) is 30.6 Å². The molecule has 4 saturated carbocycles. The second-order valence-electron chi connectivity index (χ2n) is 16.4. The van der Waals surface area contributed by atoms with Gasteiger partial charge in [0.25, 0.3) is 0 Å². The van der Waals surface area contributed by atoms with Crippen molar-refractivity contribution in [3.8, 4) is 0 Å². The van der Waals surface area contributed by atoms with Gasteiger partial charge in [-0.1, -0.05) is 46.7 Å². The van der Waals surface area contributed by atoms with Crippen LogP contribution in [0.15, 0.2) is 10.7 Å². The fraction of sp³-hybridized carbons (Fsp3) is 0.875. The lowest BCUT2D eigenvalue weighted by Crippen LogP contribution is -2.68. The number of hydrogen-bond acceptors (Lipinski definition) is 4. The van der Waals surface area contributed by atoms with E-state index in [1.807, 2.05) is 6.20 Å². The van der Waals surface area contributed by atoms with Gasteiger partial charge in [0.15, 0.2) is 0 Å². The predicted molar refractivity (Wildman–Crippen MR) is 143 cm³/mol. The van der Waals surface area contributed by atoms with Crippen molar-refractivity contribution in [3.63, 3.8) is 0 Å². The van der Waals surface area contributed by atoms with Gasteiger partial charge in [-0.3, -0.25) is 4.79 Å². The van der Waals surface area contributed by atoms with E-state index in [9.17, 15) is 18.0 Å². The van der Waals surface area contributed by atoms with Crippen LogP contribution in [0.5, 0.6) is 0 Å². The van der Waals surface area contributed by atoms with Crippen LogP contribution in [0.1, 0.15) is 104 Å². The number of nitrogens with zero attached hydrogens (tertiary/aromatic N) is 1. The summed E-state index contributed by atoms with van der Waals surface area (Å²) in [6.07, 6.45) is 5.56. The molecule has 2 heterocycles. The summed E-state index contributed by atoms with van der Waals surface area (Å²) in [5.74, 6) is 1.86. The van der Waals surface area contributed by atoms with E-state index < -0.39 is 29.6 Å². The van der Waals surface area contributed by atoms with Gasteiger partial charge < -0.3 is 14.6 Å². The maximum atomic E-state index is 13.7. The van der Waals surface area contributed by atoms with Crippen molar-refractivity contribution in [3.05, 3.63) is 17.5 Å². The summed E-state index contributed by atoms with van der Waals surface area (Å²) in [5.41, 5.74) is 0.138. The van der Waals surface area contributed by atoms with Crippen molar-refractivity contribution in [1.29, 1.82) is 0 Å². The molecular formula is C32H45F3N2O3. The van der Waals surface area contributed by atoms with Crippen LogP contribution in [0, 0.1) is 45.3 Å². The molecule has 1 aliphatic heterocycles. The zero-order valence-electron chi connectivity index (χ0n) is 24.8. The van der Waals surface area contributed by atoms with Crippen molar-refractivity contribution in [1.82, 2.24) is 10.5 Å². The second-order valence-corrected chi connectivity index (χ2v) is 16.4. The molecule has 6 aliphatic rings. The average Bonchev–Trinajstić information content (AvgIpc) is 3.36. The number of nitrogens with one attached hydrogen (secondary N) is 1. The summed E-state index contributed by atoms with van der Waals surface area (Å²) in [7, 11) is 0. The Kier molecular flexibility index (Phi) is 5.37. The van der Waals surface area contributed by atoms with E-state index in [1.165, 1.54) is 5.56 Å². The summed E-state index contributed by atoms with van der Waals surface area (Å²) in [6.45, 7) is 12.9. The summed E-state index contributed by atoms with van der Waals surface area (Å²) in [4.78, 5) is 13.7. The third-order valence-corrected chi connectivity index (χ3v) is 13.6. The van der Waals surface area contributed by atoms with Crippen LogP contribution >= 0.6 is 0 Å². The molecule has 8 heteroatoms. The first-order valence-electron chi connectivity index (χ1n) is 15.5. The summed E-state index contributed by atoms with van der Waals surface area (Å²) in [6, 6.07) is 0. The van der Waals surface area contributed by atoms with Crippen LogP contribution in [0.2, 0.25) is 0 Å². The zero-order valence-corrected chi connectivity index (χ0v) is 24.8. The minimum Gasteiger partial charge on any atom is -0.365 e. The number of epoxide rings is 1. The summed E-state index contributed by atoms with van der Waals surface area (Å²) < 4.78 is 52.2. The Balaban J connectivity index is 1.26. The zero-order chi connectivity index (χ0) is 28.7. The van der Waals surface area contributed by atoms with E-state index in [4.69, 9.17) is 9.26 Å². The van der Waals surface area contributed by atoms with Gasteiger partial charge in [0.05, 0.1) is 17.7 Å². The molecule has 9 unspecified atom stereocenters. The van der Waals surface area contributed by atoms with Crippen molar-refractivity contribution in [2.75, 3.05) is 6.54 Å². The van der Waals surface area contributed by atoms with Gasteiger partial charge in [-0.2, -0.15) is 13.2 Å². The largest absolute Gasteiger partial charge is 0.405 e. The number of halogens is 3. The minimum atomic E-state index is -4.42. The first-order chi connectivity index (χ1) is 18.5. The van der Waals surface area contributed by atoms with Gasteiger partial charge in [0.2, 0.25) is 5.91 Å². The average molecular weight is 563 g/mol. The Morgan fingerprint density at radius 1 is 0.975 bits per heavy atom. The lowest BCUT2D eigenvalue weighted by atomic mass is 9.35. The number of carbonyl (C=O) groups is 1. The number of fused-ring (bicyclic) bond motifs is 6. The van der Waals surface area contributed by atoms with Gasteiger partial charge in [0.1, 0.15) is 17.9 Å². The van der Waals surface area contributed by atoms with E-state index in [0.717, 1.165) is 50.7 Å². The molecule has 1 spiro atoms. The molecule has 5 fully saturated rings. The van der Waals surface area contributed by atoms with Crippen molar-refractivity contribution in [2.45, 2.75) is 123 Å². The molecular weight excluding hydrogens is 517 g/mol. The third kappa shape index (κ3) is 3.37. The molecule has 7 rings (SSSR count). The Hall–Kier alpha value is -1.57. The monoisotopic (exact) mass is 562 g/mol. The minimum absolute atomic E-state index is 0.0328. The summed E-state index contributed by atoms with van der Waals surface area (Å²) >= 11 is 0. The highest BCUT2D eigenvalue weighted by molar-refractivity contribution is 5.84. The van der Waals surface area contributed by atoms with Crippen LogP contribution < -0.4 is 5.32 Å². The van der Waals surface area contributed by atoms with Crippen molar-refractivity contribution >= 4 is 5.91 Å². The lowest BCUT2D eigenvalue weighted by molar-refractivity contribution is -0.188. The van der Waals surface area contributed by atoms with Crippen LogP contribution in [0.4, 0.5) is 13.2 Å². The first-order valence-corrected chi connectivity index (χ1v) is 15.5. The van der Waals surface area contributed by atoms with Crippen molar-refractivity contribution in [2.24, 2.45) is 45.3 Å².